The van der Waals surface area contributed by atoms with Crippen molar-refractivity contribution < 1.29 is 13.2 Å². The third-order valence-electron chi connectivity index (χ3n) is 1.60. The van der Waals surface area contributed by atoms with Crippen LogP contribution in [-0.4, -0.2) is 38.4 Å². The van der Waals surface area contributed by atoms with E-state index in [2.05, 4.69) is 0 Å². The highest BCUT2D eigenvalue weighted by Gasteiger charge is 2.41. The van der Waals surface area contributed by atoms with Crippen LogP contribution < -0.4 is 0 Å². The van der Waals surface area contributed by atoms with E-state index in [4.69, 9.17) is 15.4 Å². The molecule has 11 heavy (non-hydrogen) atoms. The van der Waals surface area contributed by atoms with Crippen LogP contribution in [-0.2, 0) is 13.8 Å². The lowest BCUT2D eigenvalue weighted by Crippen LogP contribution is -2.50. The van der Waals surface area contributed by atoms with Gasteiger partial charge in [-0.05, 0) is 0 Å². The number of methoxy groups -OCH3 is 1. The summed E-state index contributed by atoms with van der Waals surface area (Å²) in [6.07, 6.45) is 0. The summed E-state index contributed by atoms with van der Waals surface area (Å²) >= 11 is 1.66. The second-order valence-corrected chi connectivity index (χ2v) is 6.33. The van der Waals surface area contributed by atoms with Gasteiger partial charge in [0.05, 0.1) is 5.75 Å². The smallest absolute Gasteiger partial charge is 0.235 e. The van der Waals surface area contributed by atoms with Gasteiger partial charge in [0.25, 0.3) is 0 Å². The average Bonchev–Trinajstić information content (AvgIpc) is 1.77. The molecule has 0 N–H and O–H groups in total. The minimum Gasteiger partial charge on any atom is -0.375 e. The number of ether oxygens (including phenoxy) is 1. The molecule has 1 aliphatic heterocycles. The monoisotopic (exact) mass is 216 g/mol. The van der Waals surface area contributed by atoms with Crippen molar-refractivity contribution in [2.24, 2.45) is 0 Å². The Morgan fingerprint density at radius 2 is 2.18 bits per heavy atom. The van der Waals surface area contributed by atoms with E-state index in [-0.39, 0.29) is 5.75 Å². The molecule has 1 aliphatic rings. The Morgan fingerprint density at radius 3 is 2.27 bits per heavy atom. The van der Waals surface area contributed by atoms with Gasteiger partial charge in [0, 0.05) is 29.3 Å². The van der Waals surface area contributed by atoms with E-state index < -0.39 is 14.7 Å². The summed E-state index contributed by atoms with van der Waals surface area (Å²) in [5.41, 5.74) is -0.509. The summed E-state index contributed by atoms with van der Waals surface area (Å²) < 4.78 is 26.4. The lowest BCUT2D eigenvalue weighted by Gasteiger charge is -2.38. The van der Waals surface area contributed by atoms with Gasteiger partial charge in [-0.25, -0.2) is 8.42 Å². The third-order valence-corrected chi connectivity index (χ3v) is 4.26. The van der Waals surface area contributed by atoms with Crippen molar-refractivity contribution in [3.63, 3.8) is 0 Å². The Labute approximate surface area is 74.9 Å². The van der Waals surface area contributed by atoms with Gasteiger partial charge in [0.1, 0.15) is 5.60 Å². The van der Waals surface area contributed by atoms with E-state index in [0.717, 1.165) is 11.5 Å². The molecule has 1 rings (SSSR count). The zero-order valence-corrected chi connectivity index (χ0v) is 8.43. The number of hydrogen-bond acceptors (Lipinski definition) is 4. The Kier molecular flexibility index (Phi) is 2.74. The Morgan fingerprint density at radius 1 is 1.64 bits per heavy atom. The zero-order valence-electron chi connectivity index (χ0n) is 6.04. The predicted octanol–water partition coefficient (Wildman–Crippen LogP) is 0.687. The lowest BCUT2D eigenvalue weighted by atomic mass is 10.1. The first kappa shape index (κ1) is 9.64. The number of thioether (sulfide) groups is 1. The van der Waals surface area contributed by atoms with Crippen LogP contribution in [0.2, 0.25) is 0 Å². The van der Waals surface area contributed by atoms with Crippen LogP contribution >= 0.6 is 22.4 Å². The van der Waals surface area contributed by atoms with Gasteiger partial charge in [0.15, 0.2) is 0 Å². The van der Waals surface area contributed by atoms with Gasteiger partial charge >= 0.3 is 0 Å². The second kappa shape index (κ2) is 3.12. The van der Waals surface area contributed by atoms with Crippen LogP contribution in [0, 0.1) is 0 Å². The van der Waals surface area contributed by atoms with Crippen molar-refractivity contribution in [3.05, 3.63) is 0 Å². The van der Waals surface area contributed by atoms with Gasteiger partial charge in [0.2, 0.25) is 9.05 Å². The van der Waals surface area contributed by atoms with Crippen LogP contribution in [0.15, 0.2) is 0 Å². The largest absolute Gasteiger partial charge is 0.375 e. The summed E-state index contributed by atoms with van der Waals surface area (Å²) in [5.74, 6) is 1.36. The van der Waals surface area contributed by atoms with Crippen molar-refractivity contribution in [2.45, 2.75) is 5.60 Å². The molecule has 3 nitrogen and oxygen atoms in total. The van der Waals surface area contributed by atoms with Crippen molar-refractivity contribution in [1.82, 2.24) is 0 Å². The molecule has 0 aliphatic carbocycles. The highest BCUT2D eigenvalue weighted by molar-refractivity contribution is 8.14. The molecule has 0 saturated carbocycles. The van der Waals surface area contributed by atoms with E-state index in [1.807, 2.05) is 0 Å². The minimum absolute atomic E-state index is 0.0783. The maximum absolute atomic E-state index is 10.7. The Balaban J connectivity index is 2.59. The maximum Gasteiger partial charge on any atom is 0.235 e. The summed E-state index contributed by atoms with van der Waals surface area (Å²) in [4.78, 5) is 0. The van der Waals surface area contributed by atoms with Gasteiger partial charge in [-0.1, -0.05) is 0 Å². The molecule has 0 aromatic heterocycles. The maximum atomic E-state index is 10.7. The van der Waals surface area contributed by atoms with Crippen LogP contribution in [0.1, 0.15) is 0 Å². The van der Waals surface area contributed by atoms with Crippen LogP contribution in [0.4, 0.5) is 0 Å². The summed E-state index contributed by atoms with van der Waals surface area (Å²) in [7, 11) is 3.19. The topological polar surface area (TPSA) is 43.4 Å². The van der Waals surface area contributed by atoms with Gasteiger partial charge in [-0.2, -0.15) is 11.8 Å². The van der Waals surface area contributed by atoms with E-state index >= 15 is 0 Å². The number of hydrogen-bond donors (Lipinski definition) is 0. The molecule has 0 amide bonds. The molecule has 6 heteroatoms. The van der Waals surface area contributed by atoms with Crippen LogP contribution in [0.3, 0.4) is 0 Å². The summed E-state index contributed by atoms with van der Waals surface area (Å²) in [5, 5.41) is 0. The highest BCUT2D eigenvalue weighted by atomic mass is 35.7. The first-order valence-corrected chi connectivity index (χ1v) is 6.66. The van der Waals surface area contributed by atoms with Gasteiger partial charge in [-0.3, -0.25) is 0 Å². The van der Waals surface area contributed by atoms with Crippen molar-refractivity contribution in [2.75, 3.05) is 24.4 Å². The average molecular weight is 217 g/mol. The van der Waals surface area contributed by atoms with E-state index in [1.165, 1.54) is 7.11 Å². The van der Waals surface area contributed by atoms with Crippen molar-refractivity contribution in [3.8, 4) is 0 Å². The van der Waals surface area contributed by atoms with E-state index in [0.29, 0.717) is 0 Å². The predicted molar refractivity (Wildman–Crippen MR) is 46.7 cm³/mol. The molecule has 0 aromatic carbocycles. The fourth-order valence-electron chi connectivity index (χ4n) is 0.904. The van der Waals surface area contributed by atoms with Crippen molar-refractivity contribution >= 4 is 31.5 Å². The normalized spacial score (nSPS) is 22.7. The number of rotatable bonds is 3. The third kappa shape index (κ3) is 2.50. The second-order valence-electron chi connectivity index (χ2n) is 2.56. The standard InChI is InChI=1S/C5H9ClO3S2/c1-9-5(2-10-3-5)4-11(6,7)8/h2-4H2,1H3. The molecular weight excluding hydrogens is 208 g/mol. The Hall–Kier alpha value is 0.550. The highest BCUT2D eigenvalue weighted by Crippen LogP contribution is 2.34. The quantitative estimate of drug-likeness (QED) is 0.651. The molecule has 0 unspecified atom stereocenters. The molecule has 1 saturated heterocycles. The minimum atomic E-state index is -3.42. The molecule has 0 spiro atoms. The molecule has 1 heterocycles. The lowest BCUT2D eigenvalue weighted by molar-refractivity contribution is 0.0416. The van der Waals surface area contributed by atoms with Crippen LogP contribution in [0.5, 0.6) is 0 Å². The Bertz CT molecular complexity index is 227. The first-order valence-electron chi connectivity index (χ1n) is 3.03. The molecular formula is C5H9ClO3S2. The molecule has 66 valence electrons. The molecule has 0 bridgehead atoms. The van der Waals surface area contributed by atoms with E-state index in [9.17, 15) is 8.42 Å². The molecule has 0 aromatic rings. The summed E-state index contributed by atoms with van der Waals surface area (Å²) in [6.45, 7) is 0. The summed E-state index contributed by atoms with van der Waals surface area (Å²) in [6, 6.07) is 0. The van der Waals surface area contributed by atoms with Gasteiger partial charge < -0.3 is 4.74 Å². The van der Waals surface area contributed by atoms with E-state index in [1.54, 1.807) is 11.8 Å². The molecule has 1 fully saturated rings. The van der Waals surface area contributed by atoms with Crippen LogP contribution in [0.25, 0.3) is 0 Å². The molecule has 0 atom stereocenters. The fourth-order valence-corrected chi connectivity index (χ4v) is 3.81. The molecule has 0 radical (unpaired) electrons. The zero-order chi connectivity index (χ0) is 8.54. The SMILES string of the molecule is COC1(CS(=O)(=O)Cl)CSC1. The van der Waals surface area contributed by atoms with Gasteiger partial charge in [-0.15, -0.1) is 0 Å². The first-order chi connectivity index (χ1) is 4.97. The fraction of sp³-hybridized carbons (Fsp3) is 1.00. The number of halogens is 1. The van der Waals surface area contributed by atoms with Crippen molar-refractivity contribution in [1.29, 1.82) is 0 Å².